The van der Waals surface area contributed by atoms with Crippen molar-refractivity contribution >= 4 is 17.1 Å². The maximum Gasteiger partial charge on any atom is 0.417 e. The molecule has 0 atom stereocenters. The Morgan fingerprint density at radius 3 is 2.59 bits per heavy atom. The van der Waals surface area contributed by atoms with Crippen molar-refractivity contribution in [1.29, 1.82) is 0 Å². The van der Waals surface area contributed by atoms with E-state index < -0.39 is 11.7 Å². The molecule has 4 heterocycles. The van der Waals surface area contributed by atoms with Crippen LogP contribution in [0.25, 0.3) is 28.4 Å². The molecule has 0 aliphatic carbocycles. The summed E-state index contributed by atoms with van der Waals surface area (Å²) >= 11 is 0. The fourth-order valence-corrected chi connectivity index (χ4v) is 4.65. The number of para-hydroxylation sites is 2. The van der Waals surface area contributed by atoms with Gasteiger partial charge in [-0.1, -0.05) is 12.1 Å². The SMILES string of the molecule is COC(=O)N1CCC(CCc2c(-c3ccc(C(F)(F)F)cn3)nn(-c3nc4ccccc4[nH]3)c2O)CC1. The summed E-state index contributed by atoms with van der Waals surface area (Å²) in [6.07, 6.45) is -1.42. The minimum atomic E-state index is -4.51. The van der Waals surface area contributed by atoms with E-state index in [1.807, 2.05) is 24.3 Å². The second kappa shape index (κ2) is 9.75. The summed E-state index contributed by atoms with van der Waals surface area (Å²) in [4.78, 5) is 25.0. The molecule has 1 saturated heterocycles. The molecule has 0 bridgehead atoms. The van der Waals surface area contributed by atoms with Crippen molar-refractivity contribution in [3.8, 4) is 23.2 Å². The number of benzene rings is 1. The van der Waals surface area contributed by atoms with E-state index >= 15 is 0 Å². The van der Waals surface area contributed by atoms with E-state index in [0.717, 1.165) is 30.6 Å². The van der Waals surface area contributed by atoms with Gasteiger partial charge in [0.15, 0.2) is 0 Å². The van der Waals surface area contributed by atoms with Crippen LogP contribution in [-0.2, 0) is 17.3 Å². The summed E-state index contributed by atoms with van der Waals surface area (Å²) in [5.41, 5.74) is 1.55. The van der Waals surface area contributed by atoms with Crippen LogP contribution in [0.5, 0.6) is 5.88 Å². The molecular weight excluding hydrogens is 489 g/mol. The lowest BCUT2D eigenvalue weighted by Gasteiger charge is -2.30. The van der Waals surface area contributed by atoms with Crippen LogP contribution < -0.4 is 0 Å². The maximum absolute atomic E-state index is 13.1. The number of hydrogen-bond acceptors (Lipinski definition) is 6. The first-order chi connectivity index (χ1) is 17.7. The van der Waals surface area contributed by atoms with Gasteiger partial charge in [0.05, 0.1) is 29.4 Å². The molecule has 194 valence electrons. The number of fused-ring (bicyclic) bond motifs is 1. The van der Waals surface area contributed by atoms with E-state index in [0.29, 0.717) is 48.6 Å². The van der Waals surface area contributed by atoms with Gasteiger partial charge in [0.1, 0.15) is 5.69 Å². The predicted octanol–water partition coefficient (Wildman–Crippen LogP) is 4.95. The van der Waals surface area contributed by atoms with Gasteiger partial charge in [-0.3, -0.25) is 4.98 Å². The molecule has 4 aromatic rings. The van der Waals surface area contributed by atoms with Gasteiger partial charge in [-0.15, -0.1) is 0 Å². The second-order valence-corrected chi connectivity index (χ2v) is 9.01. The second-order valence-electron chi connectivity index (χ2n) is 9.01. The molecule has 0 unspecified atom stereocenters. The van der Waals surface area contributed by atoms with Crippen LogP contribution in [0.15, 0.2) is 42.6 Å². The van der Waals surface area contributed by atoms with E-state index in [-0.39, 0.29) is 23.6 Å². The number of hydrogen-bond donors (Lipinski definition) is 2. The number of nitrogens with one attached hydrogen (secondary N) is 1. The molecule has 0 radical (unpaired) electrons. The number of nitrogens with zero attached hydrogens (tertiary/aromatic N) is 5. The summed E-state index contributed by atoms with van der Waals surface area (Å²) in [5, 5.41) is 15.7. The molecule has 0 saturated carbocycles. The van der Waals surface area contributed by atoms with Crippen LogP contribution in [-0.4, -0.2) is 61.0 Å². The highest BCUT2D eigenvalue weighted by Crippen LogP contribution is 2.35. The average molecular weight is 515 g/mol. The molecular formula is C25H25F3N6O3. The van der Waals surface area contributed by atoms with E-state index in [1.54, 1.807) is 4.90 Å². The minimum absolute atomic E-state index is 0.150. The monoisotopic (exact) mass is 514 g/mol. The normalized spacial score (nSPS) is 14.9. The van der Waals surface area contributed by atoms with E-state index in [1.165, 1.54) is 17.9 Å². The van der Waals surface area contributed by atoms with E-state index in [2.05, 4.69) is 20.1 Å². The highest BCUT2D eigenvalue weighted by molar-refractivity contribution is 5.76. The number of imidazole rings is 1. The number of alkyl halides is 3. The van der Waals surface area contributed by atoms with Gasteiger partial charge < -0.3 is 19.7 Å². The molecule has 1 aromatic carbocycles. The average Bonchev–Trinajstić information content (AvgIpc) is 3.47. The zero-order valence-corrected chi connectivity index (χ0v) is 20.0. The van der Waals surface area contributed by atoms with E-state index in [9.17, 15) is 23.1 Å². The summed E-state index contributed by atoms with van der Waals surface area (Å²) in [6.45, 7) is 1.16. The summed E-state index contributed by atoms with van der Waals surface area (Å²) in [7, 11) is 1.35. The number of carbonyl (C=O) groups excluding carboxylic acids is 1. The zero-order chi connectivity index (χ0) is 26.2. The van der Waals surface area contributed by atoms with Crippen LogP contribution in [0, 0.1) is 5.92 Å². The molecule has 2 N–H and O–H groups in total. The topological polar surface area (TPSA) is 109 Å². The number of piperidine rings is 1. The van der Waals surface area contributed by atoms with Crippen molar-refractivity contribution < 1.29 is 27.8 Å². The Morgan fingerprint density at radius 1 is 1.19 bits per heavy atom. The van der Waals surface area contributed by atoms with Gasteiger partial charge >= 0.3 is 12.3 Å². The summed E-state index contributed by atoms with van der Waals surface area (Å²) in [5.74, 6) is 0.426. The van der Waals surface area contributed by atoms with Crippen LogP contribution >= 0.6 is 0 Å². The number of H-pyrrole nitrogens is 1. The maximum atomic E-state index is 13.1. The highest BCUT2D eigenvalue weighted by atomic mass is 19.4. The lowest BCUT2D eigenvalue weighted by molar-refractivity contribution is -0.137. The lowest BCUT2D eigenvalue weighted by Crippen LogP contribution is -2.38. The van der Waals surface area contributed by atoms with Gasteiger partial charge in [-0.05, 0) is 55.9 Å². The molecule has 0 spiro atoms. The van der Waals surface area contributed by atoms with Crippen molar-refractivity contribution in [2.24, 2.45) is 5.92 Å². The Morgan fingerprint density at radius 2 is 1.95 bits per heavy atom. The molecule has 1 aliphatic rings. The van der Waals surface area contributed by atoms with Crippen LogP contribution in [0.3, 0.4) is 0 Å². The molecule has 1 aliphatic heterocycles. The van der Waals surface area contributed by atoms with Crippen molar-refractivity contribution in [3.63, 3.8) is 0 Å². The number of carbonyl (C=O) groups is 1. The molecule has 3 aromatic heterocycles. The first-order valence-electron chi connectivity index (χ1n) is 11.9. The minimum Gasteiger partial charge on any atom is -0.493 e. The summed E-state index contributed by atoms with van der Waals surface area (Å²) in [6, 6.07) is 9.55. The third kappa shape index (κ3) is 4.95. The fourth-order valence-electron chi connectivity index (χ4n) is 4.65. The van der Waals surface area contributed by atoms with Gasteiger partial charge in [0, 0.05) is 24.8 Å². The summed E-state index contributed by atoms with van der Waals surface area (Å²) < 4.78 is 45.3. The van der Waals surface area contributed by atoms with Gasteiger partial charge in [-0.25, -0.2) is 9.78 Å². The Kier molecular flexibility index (Phi) is 6.48. The number of rotatable bonds is 5. The number of amides is 1. The smallest absolute Gasteiger partial charge is 0.417 e. The Hall–Kier alpha value is -4.09. The predicted molar refractivity (Wildman–Crippen MR) is 128 cm³/mol. The fraction of sp³-hybridized carbons (Fsp3) is 0.360. The van der Waals surface area contributed by atoms with E-state index in [4.69, 9.17) is 4.74 Å². The first-order valence-corrected chi connectivity index (χ1v) is 11.9. The number of aromatic amines is 1. The molecule has 1 fully saturated rings. The quantitative estimate of drug-likeness (QED) is 0.390. The largest absolute Gasteiger partial charge is 0.493 e. The van der Waals surface area contributed by atoms with Crippen molar-refractivity contribution in [2.75, 3.05) is 20.2 Å². The molecule has 1 amide bonds. The Balaban J connectivity index is 1.45. The van der Waals surface area contributed by atoms with Crippen LogP contribution in [0.2, 0.25) is 0 Å². The van der Waals surface area contributed by atoms with Crippen LogP contribution in [0.1, 0.15) is 30.4 Å². The number of aromatic hydroxyl groups is 1. The van der Waals surface area contributed by atoms with Gasteiger partial charge in [-0.2, -0.15) is 23.0 Å². The van der Waals surface area contributed by atoms with Crippen molar-refractivity contribution in [1.82, 2.24) is 29.6 Å². The van der Waals surface area contributed by atoms with Gasteiger partial charge in [0.25, 0.3) is 0 Å². The Labute approximate surface area is 209 Å². The van der Waals surface area contributed by atoms with Crippen LogP contribution in [0.4, 0.5) is 18.0 Å². The third-order valence-corrected chi connectivity index (χ3v) is 6.72. The first kappa shape index (κ1) is 24.6. The lowest BCUT2D eigenvalue weighted by atomic mass is 9.90. The molecule has 12 heteroatoms. The third-order valence-electron chi connectivity index (χ3n) is 6.72. The highest BCUT2D eigenvalue weighted by Gasteiger charge is 2.31. The standard InChI is InChI=1S/C25H25F3N6O3/c1-37-24(36)33-12-10-15(11-13-33)6-8-17-21(20-9-7-16(14-29-20)25(26,27)28)32-34(22(17)35)23-30-18-4-2-3-5-19(18)31-23/h2-5,7,9,14-15,35H,6,8,10-13H2,1H3,(H,30,31). The number of pyridine rings is 1. The number of methoxy groups -OCH3 is 1. The van der Waals surface area contributed by atoms with Gasteiger partial charge in [0.2, 0.25) is 11.8 Å². The van der Waals surface area contributed by atoms with Crippen molar-refractivity contribution in [2.45, 2.75) is 31.9 Å². The molecule has 5 rings (SSSR count). The zero-order valence-electron chi connectivity index (χ0n) is 20.0. The number of halogens is 3. The number of aromatic nitrogens is 5. The number of likely N-dealkylation sites (tertiary alicyclic amines) is 1. The molecule has 9 nitrogen and oxygen atoms in total. The Bertz CT molecular complexity index is 1370. The van der Waals surface area contributed by atoms with Crippen molar-refractivity contribution in [3.05, 3.63) is 53.7 Å². The number of ether oxygens (including phenoxy) is 1. The molecule has 37 heavy (non-hydrogen) atoms.